The van der Waals surface area contributed by atoms with Crippen LogP contribution >= 0.6 is 0 Å². The van der Waals surface area contributed by atoms with Crippen molar-refractivity contribution >= 4 is 5.82 Å². The molecular formula is C19H24N8. The fraction of sp³-hybridized carbons (Fsp3) is 0.421. The molecule has 0 saturated carbocycles. The maximum absolute atomic E-state index is 4.78. The van der Waals surface area contributed by atoms with Gasteiger partial charge >= 0.3 is 0 Å². The molecule has 2 aliphatic heterocycles. The molecule has 0 amide bonds. The molecule has 1 N–H and O–H groups in total. The summed E-state index contributed by atoms with van der Waals surface area (Å²) in [5.74, 6) is 1.87. The Morgan fingerprint density at radius 2 is 1.93 bits per heavy atom. The van der Waals surface area contributed by atoms with Crippen molar-refractivity contribution in [2.75, 3.05) is 44.7 Å². The van der Waals surface area contributed by atoms with Gasteiger partial charge in [0.25, 0.3) is 0 Å². The third kappa shape index (κ3) is 3.00. The van der Waals surface area contributed by atoms with Gasteiger partial charge in [-0.1, -0.05) is 0 Å². The van der Waals surface area contributed by atoms with E-state index in [2.05, 4.69) is 48.5 Å². The predicted molar refractivity (Wildman–Crippen MR) is 104 cm³/mol. The van der Waals surface area contributed by atoms with Crippen LogP contribution in [0.15, 0.2) is 36.8 Å². The number of imidazole rings is 1. The van der Waals surface area contributed by atoms with Gasteiger partial charge < -0.3 is 15.1 Å². The monoisotopic (exact) mass is 364 g/mol. The number of pyridine rings is 1. The Kier molecular flexibility index (Phi) is 4.14. The van der Waals surface area contributed by atoms with E-state index in [1.165, 1.54) is 5.69 Å². The second-order valence-electron chi connectivity index (χ2n) is 7.18. The highest BCUT2D eigenvalue weighted by Crippen LogP contribution is 2.28. The van der Waals surface area contributed by atoms with Crippen molar-refractivity contribution in [3.05, 3.63) is 42.5 Å². The van der Waals surface area contributed by atoms with Gasteiger partial charge in [0, 0.05) is 57.9 Å². The summed E-state index contributed by atoms with van der Waals surface area (Å²) in [4.78, 5) is 14.0. The zero-order valence-electron chi connectivity index (χ0n) is 15.5. The van der Waals surface area contributed by atoms with Gasteiger partial charge in [-0.3, -0.25) is 9.25 Å². The van der Waals surface area contributed by atoms with Crippen molar-refractivity contribution in [3.63, 3.8) is 0 Å². The van der Waals surface area contributed by atoms with Gasteiger partial charge in [-0.25, -0.2) is 9.97 Å². The van der Waals surface area contributed by atoms with Crippen LogP contribution in [0.5, 0.6) is 0 Å². The molecule has 5 heterocycles. The molecule has 0 spiro atoms. The lowest BCUT2D eigenvalue weighted by atomic mass is 10.2. The highest BCUT2D eigenvalue weighted by atomic mass is 15.3. The van der Waals surface area contributed by atoms with Crippen LogP contribution < -0.4 is 10.2 Å². The van der Waals surface area contributed by atoms with Crippen molar-refractivity contribution in [1.29, 1.82) is 0 Å². The van der Waals surface area contributed by atoms with Crippen LogP contribution in [0.4, 0.5) is 5.82 Å². The van der Waals surface area contributed by atoms with Crippen LogP contribution in [0.1, 0.15) is 5.69 Å². The molecule has 5 rings (SSSR count). The summed E-state index contributed by atoms with van der Waals surface area (Å²) >= 11 is 0. The minimum Gasteiger partial charge on any atom is -0.352 e. The van der Waals surface area contributed by atoms with Crippen LogP contribution in [0.25, 0.3) is 17.2 Å². The first kappa shape index (κ1) is 16.5. The molecule has 1 saturated heterocycles. The number of rotatable bonds is 3. The topological polar surface area (TPSA) is 67.0 Å². The number of fused-ring (bicyclic) bond motifs is 1. The summed E-state index contributed by atoms with van der Waals surface area (Å²) in [5.41, 5.74) is 3.17. The predicted octanol–water partition coefficient (Wildman–Crippen LogP) is 0.986. The average molecular weight is 364 g/mol. The Labute approximate surface area is 158 Å². The van der Waals surface area contributed by atoms with Crippen molar-refractivity contribution < 1.29 is 0 Å². The molecule has 0 aliphatic carbocycles. The summed E-state index contributed by atoms with van der Waals surface area (Å²) in [6, 6.07) is 6.24. The first-order valence-electron chi connectivity index (χ1n) is 9.49. The number of nitrogens with one attached hydrogen (secondary N) is 1. The molecule has 140 valence electrons. The van der Waals surface area contributed by atoms with Gasteiger partial charge in [-0.15, -0.1) is 0 Å². The first-order chi connectivity index (χ1) is 13.3. The van der Waals surface area contributed by atoms with E-state index in [1.54, 1.807) is 0 Å². The summed E-state index contributed by atoms with van der Waals surface area (Å²) in [5, 5.41) is 8.18. The number of aromatic nitrogens is 5. The van der Waals surface area contributed by atoms with E-state index in [0.29, 0.717) is 0 Å². The molecule has 0 unspecified atom stereocenters. The highest BCUT2D eigenvalue weighted by Gasteiger charge is 2.22. The maximum atomic E-state index is 4.78. The molecule has 3 aromatic rings. The Morgan fingerprint density at radius 3 is 2.78 bits per heavy atom. The second kappa shape index (κ2) is 6.79. The lowest BCUT2D eigenvalue weighted by molar-refractivity contribution is 0.312. The zero-order valence-corrected chi connectivity index (χ0v) is 15.5. The quantitative estimate of drug-likeness (QED) is 0.748. The lowest BCUT2D eigenvalue weighted by Crippen LogP contribution is -2.45. The molecular weight excluding hydrogens is 340 g/mol. The summed E-state index contributed by atoms with van der Waals surface area (Å²) in [6.45, 7) is 6.77. The van der Waals surface area contributed by atoms with Crippen LogP contribution in [0, 0.1) is 0 Å². The molecule has 0 aromatic carbocycles. The van der Waals surface area contributed by atoms with Gasteiger partial charge in [0.15, 0.2) is 11.6 Å². The fourth-order valence-corrected chi connectivity index (χ4v) is 3.83. The van der Waals surface area contributed by atoms with Crippen LogP contribution in [-0.4, -0.2) is 69.0 Å². The molecule has 0 radical (unpaired) electrons. The molecule has 8 nitrogen and oxygen atoms in total. The third-order valence-corrected chi connectivity index (χ3v) is 5.37. The fourth-order valence-electron chi connectivity index (χ4n) is 3.83. The summed E-state index contributed by atoms with van der Waals surface area (Å²) in [7, 11) is 2.17. The highest BCUT2D eigenvalue weighted by molar-refractivity contribution is 5.63. The van der Waals surface area contributed by atoms with Crippen molar-refractivity contribution in [1.82, 2.24) is 34.5 Å². The normalized spacial score (nSPS) is 17.9. The van der Waals surface area contributed by atoms with Crippen molar-refractivity contribution in [3.8, 4) is 17.2 Å². The maximum Gasteiger partial charge on any atom is 0.165 e. The lowest BCUT2D eigenvalue weighted by Gasteiger charge is -2.34. The molecule has 1 fully saturated rings. The van der Waals surface area contributed by atoms with E-state index in [9.17, 15) is 0 Å². The van der Waals surface area contributed by atoms with E-state index < -0.39 is 0 Å². The van der Waals surface area contributed by atoms with Gasteiger partial charge in [-0.2, -0.15) is 5.10 Å². The number of likely N-dealkylation sites (N-methyl/N-ethyl adjacent to an activating group) is 1. The standard InChI is InChI=1S/C19H24N8/c1-24-9-11-25(12-10-24)19-17(3-2-4-21-19)26-7-6-22-18(26)16-13-15-14-20-5-8-27(15)23-16/h2-4,6-7,13,20H,5,8-12,14H2,1H3. The Bertz CT molecular complexity index is 911. The van der Waals surface area contributed by atoms with Crippen molar-refractivity contribution in [2.24, 2.45) is 0 Å². The van der Waals surface area contributed by atoms with Gasteiger partial charge in [0.05, 0.1) is 17.9 Å². The summed E-state index contributed by atoms with van der Waals surface area (Å²) < 4.78 is 4.19. The Morgan fingerprint density at radius 1 is 1.04 bits per heavy atom. The van der Waals surface area contributed by atoms with Crippen LogP contribution in [-0.2, 0) is 13.1 Å². The largest absolute Gasteiger partial charge is 0.352 e. The minimum absolute atomic E-state index is 0.854. The van der Waals surface area contributed by atoms with E-state index in [4.69, 9.17) is 10.1 Å². The zero-order chi connectivity index (χ0) is 18.2. The molecule has 3 aromatic heterocycles. The van der Waals surface area contributed by atoms with E-state index in [0.717, 1.165) is 68.8 Å². The van der Waals surface area contributed by atoms with Crippen LogP contribution in [0.3, 0.4) is 0 Å². The molecule has 0 bridgehead atoms. The number of nitrogens with zero attached hydrogens (tertiary/aromatic N) is 7. The molecule has 27 heavy (non-hydrogen) atoms. The SMILES string of the molecule is CN1CCN(c2ncccc2-n2ccnc2-c2cc3n(n2)CCNC3)CC1. The average Bonchev–Trinajstić information content (AvgIpc) is 3.35. The molecule has 0 atom stereocenters. The van der Waals surface area contributed by atoms with E-state index in [1.807, 2.05) is 24.7 Å². The Hall–Kier alpha value is -2.71. The molecule has 2 aliphatic rings. The van der Waals surface area contributed by atoms with E-state index >= 15 is 0 Å². The summed E-state index contributed by atoms with van der Waals surface area (Å²) in [6.07, 6.45) is 5.71. The van der Waals surface area contributed by atoms with Crippen LogP contribution in [0.2, 0.25) is 0 Å². The molecule has 8 heteroatoms. The second-order valence-corrected chi connectivity index (χ2v) is 7.18. The number of hydrogen-bond acceptors (Lipinski definition) is 6. The van der Waals surface area contributed by atoms with Gasteiger partial charge in [0.1, 0.15) is 5.69 Å². The minimum atomic E-state index is 0.854. The first-order valence-corrected chi connectivity index (χ1v) is 9.49. The number of anilines is 1. The number of hydrogen-bond donors (Lipinski definition) is 1. The Balaban J connectivity index is 1.54. The van der Waals surface area contributed by atoms with Gasteiger partial charge in [-0.05, 0) is 25.2 Å². The number of piperazine rings is 1. The smallest absolute Gasteiger partial charge is 0.165 e. The van der Waals surface area contributed by atoms with Crippen molar-refractivity contribution in [2.45, 2.75) is 13.1 Å². The third-order valence-electron chi connectivity index (χ3n) is 5.37. The van der Waals surface area contributed by atoms with E-state index in [-0.39, 0.29) is 0 Å². The van der Waals surface area contributed by atoms with Gasteiger partial charge in [0.2, 0.25) is 0 Å².